The Balaban J connectivity index is 1.32. The van der Waals surface area contributed by atoms with Gasteiger partial charge in [0.25, 0.3) is 5.91 Å². The zero-order valence-corrected chi connectivity index (χ0v) is 32.9. The van der Waals surface area contributed by atoms with Crippen molar-refractivity contribution in [2.24, 2.45) is 5.92 Å². The van der Waals surface area contributed by atoms with E-state index in [1.165, 1.54) is 11.0 Å². The van der Waals surface area contributed by atoms with Crippen LogP contribution in [0.4, 0.5) is 4.79 Å². The number of aryl methyl sites for hydroxylation is 1. The van der Waals surface area contributed by atoms with E-state index in [1.807, 2.05) is 28.7 Å². The Kier molecular flexibility index (Phi) is 13.2. The molecule has 3 heterocycles. The number of halogens is 1. The number of nitrogens with zero attached hydrogens (tertiary/aromatic N) is 2. The fourth-order valence-corrected chi connectivity index (χ4v) is 9.47. The number of ether oxygens (including phenoxy) is 2. The lowest BCUT2D eigenvalue weighted by Crippen LogP contribution is -2.59. The molecule has 1 saturated heterocycles. The van der Waals surface area contributed by atoms with E-state index in [4.69, 9.17) is 9.47 Å². The molecule has 2 aliphatic carbocycles. The van der Waals surface area contributed by atoms with Crippen LogP contribution < -0.4 is 20.1 Å². The number of sulfonamides is 1. The molecule has 1 aromatic heterocycles. The molecule has 2 aromatic rings. The number of carbonyl (C=O) groups is 4. The highest BCUT2D eigenvalue weighted by Crippen LogP contribution is 2.33. The Morgan fingerprint density at radius 2 is 1.75 bits per heavy atom. The number of amides is 4. The highest BCUT2D eigenvalue weighted by Gasteiger charge is 2.47. The number of aromatic nitrogens is 1. The molecule has 15 heteroatoms. The number of rotatable bonds is 8. The Labute approximate surface area is 325 Å². The summed E-state index contributed by atoms with van der Waals surface area (Å²) in [6.45, 7) is 4.02. The number of fused-ring (bicyclic) bond motifs is 3. The number of alkyl carbamates (subject to hydrolysis) is 1. The standard InChI is InChI=1S/C38H50IN5O8S/c1-2-30(39)33(35(46)43-53(49,50)28-16-17-28)41-34(45)31-22-27-23-44(31)37(47)32(26-12-8-6-9-13-26)42-38(48)51-20-10-5-3-4-7-11-24-14-15-25-18-19-40-36(52-27)29(25)21-24/h2,14-15,18-19,21,26-28,30-33H,1,3-13,16-17,20,22-23H2,(H,41,45)(H,42,48)(H,43,46)/t27-,30+,31+,32+,33?/m1/s1. The summed E-state index contributed by atoms with van der Waals surface area (Å²) in [6.07, 6.45) is 12.7. The van der Waals surface area contributed by atoms with Crippen LogP contribution >= 0.6 is 22.6 Å². The minimum absolute atomic E-state index is 0.0245. The van der Waals surface area contributed by atoms with Gasteiger partial charge in [-0.15, -0.1) is 6.58 Å². The van der Waals surface area contributed by atoms with Gasteiger partial charge in [0.1, 0.15) is 24.2 Å². The highest BCUT2D eigenvalue weighted by molar-refractivity contribution is 14.1. The molecule has 6 rings (SSSR count). The summed E-state index contributed by atoms with van der Waals surface area (Å²) >= 11 is 1.93. The summed E-state index contributed by atoms with van der Waals surface area (Å²) in [6, 6.07) is 4.85. The van der Waals surface area contributed by atoms with Crippen LogP contribution in [0.5, 0.6) is 5.88 Å². The first kappa shape index (κ1) is 39.2. The van der Waals surface area contributed by atoms with Crippen LogP contribution in [-0.4, -0.2) is 88.7 Å². The third-order valence-corrected chi connectivity index (χ3v) is 13.8. The van der Waals surface area contributed by atoms with Gasteiger partial charge in [-0.05, 0) is 73.9 Å². The predicted molar refractivity (Wildman–Crippen MR) is 208 cm³/mol. The van der Waals surface area contributed by atoms with Gasteiger partial charge >= 0.3 is 6.09 Å². The first-order valence-electron chi connectivity index (χ1n) is 18.9. The Morgan fingerprint density at radius 1 is 1.02 bits per heavy atom. The highest BCUT2D eigenvalue weighted by atomic mass is 127. The molecule has 288 valence electrons. The average molecular weight is 864 g/mol. The summed E-state index contributed by atoms with van der Waals surface area (Å²) in [4.78, 5) is 61.5. The number of alkyl halides is 1. The zero-order valence-electron chi connectivity index (χ0n) is 30.0. The van der Waals surface area contributed by atoms with E-state index in [1.54, 1.807) is 6.20 Å². The lowest BCUT2D eigenvalue weighted by molar-refractivity contribution is -0.142. The zero-order chi connectivity index (χ0) is 37.5. The Hall–Kier alpha value is -3.47. The lowest BCUT2D eigenvalue weighted by Gasteiger charge is -2.34. The molecular formula is C38H50IN5O8S. The van der Waals surface area contributed by atoms with Gasteiger partial charge in [-0.2, -0.15) is 0 Å². The smallest absolute Gasteiger partial charge is 0.407 e. The third-order valence-electron chi connectivity index (χ3n) is 10.8. The third kappa shape index (κ3) is 9.99. The summed E-state index contributed by atoms with van der Waals surface area (Å²) in [5.74, 6) is -1.72. The van der Waals surface area contributed by atoms with Gasteiger partial charge in [0.15, 0.2) is 0 Å². The molecule has 0 radical (unpaired) electrons. The average Bonchev–Trinajstić information content (AvgIpc) is 3.94. The number of hydrogen-bond acceptors (Lipinski definition) is 9. The number of pyridine rings is 1. The second-order valence-electron chi connectivity index (χ2n) is 14.7. The van der Waals surface area contributed by atoms with E-state index >= 15 is 0 Å². The number of carbonyl (C=O) groups excluding carboxylic acids is 4. The fourth-order valence-electron chi connectivity index (χ4n) is 7.63. The minimum Gasteiger partial charge on any atom is -0.472 e. The largest absolute Gasteiger partial charge is 0.472 e. The summed E-state index contributed by atoms with van der Waals surface area (Å²) in [7, 11) is -3.89. The van der Waals surface area contributed by atoms with Gasteiger partial charge in [0, 0.05) is 18.0 Å². The topological polar surface area (TPSA) is 173 Å². The van der Waals surface area contributed by atoms with Crippen LogP contribution in [0, 0.1) is 5.92 Å². The number of hydrogen-bond donors (Lipinski definition) is 3. The second kappa shape index (κ2) is 17.8. The van der Waals surface area contributed by atoms with E-state index in [0.29, 0.717) is 25.1 Å². The quantitative estimate of drug-likeness (QED) is 0.191. The second-order valence-corrected chi connectivity index (χ2v) is 18.1. The van der Waals surface area contributed by atoms with Gasteiger partial charge in [-0.3, -0.25) is 19.1 Å². The van der Waals surface area contributed by atoms with Crippen LogP contribution in [0.1, 0.15) is 89.0 Å². The molecule has 0 spiro atoms. The fraction of sp³-hybridized carbons (Fsp3) is 0.605. The maximum absolute atomic E-state index is 14.7. The van der Waals surface area contributed by atoms with Crippen LogP contribution in [-0.2, 0) is 35.6 Å². The van der Waals surface area contributed by atoms with E-state index in [-0.39, 0.29) is 25.5 Å². The number of cyclic esters (lactones) is 1. The normalized spacial score (nSPS) is 25.0. The minimum atomic E-state index is -3.89. The van der Waals surface area contributed by atoms with Crippen molar-refractivity contribution in [3.63, 3.8) is 0 Å². The van der Waals surface area contributed by atoms with Crippen LogP contribution in [0.3, 0.4) is 0 Å². The van der Waals surface area contributed by atoms with Crippen LogP contribution in [0.2, 0.25) is 0 Å². The van der Waals surface area contributed by atoms with Crippen molar-refractivity contribution in [3.05, 3.63) is 48.7 Å². The van der Waals surface area contributed by atoms with Gasteiger partial charge in [-0.1, -0.05) is 79.3 Å². The molecule has 1 aromatic carbocycles. The maximum Gasteiger partial charge on any atom is 0.407 e. The molecule has 4 bridgehead atoms. The summed E-state index contributed by atoms with van der Waals surface area (Å²) < 4.78 is 38.9. The van der Waals surface area contributed by atoms with Crippen molar-refractivity contribution in [1.29, 1.82) is 0 Å². The molecule has 4 aliphatic rings. The van der Waals surface area contributed by atoms with Crippen molar-refractivity contribution in [3.8, 4) is 5.88 Å². The molecule has 53 heavy (non-hydrogen) atoms. The van der Waals surface area contributed by atoms with E-state index in [0.717, 1.165) is 80.5 Å². The van der Waals surface area contributed by atoms with Crippen molar-refractivity contribution < 1.29 is 37.1 Å². The van der Waals surface area contributed by atoms with E-state index < -0.39 is 67.2 Å². The Morgan fingerprint density at radius 3 is 2.51 bits per heavy atom. The lowest BCUT2D eigenvalue weighted by atomic mass is 9.83. The van der Waals surface area contributed by atoms with Crippen LogP contribution in [0.15, 0.2) is 43.1 Å². The maximum atomic E-state index is 14.7. The number of benzene rings is 1. The molecule has 5 atom stereocenters. The predicted octanol–water partition coefficient (Wildman–Crippen LogP) is 4.85. The van der Waals surface area contributed by atoms with Gasteiger partial charge in [-0.25, -0.2) is 18.2 Å². The monoisotopic (exact) mass is 863 g/mol. The molecule has 13 nitrogen and oxygen atoms in total. The van der Waals surface area contributed by atoms with Crippen LogP contribution in [0.25, 0.3) is 10.8 Å². The van der Waals surface area contributed by atoms with Crippen molar-refractivity contribution in [1.82, 2.24) is 25.2 Å². The molecule has 1 unspecified atom stereocenters. The first-order valence-corrected chi connectivity index (χ1v) is 21.7. The van der Waals surface area contributed by atoms with Crippen molar-refractivity contribution >= 4 is 67.2 Å². The molecule has 4 amide bonds. The summed E-state index contributed by atoms with van der Waals surface area (Å²) in [5.41, 5.74) is 1.16. The first-order chi connectivity index (χ1) is 25.5. The molecule has 2 saturated carbocycles. The van der Waals surface area contributed by atoms with Crippen molar-refractivity contribution in [2.45, 2.75) is 123 Å². The van der Waals surface area contributed by atoms with E-state index in [2.05, 4.69) is 45.1 Å². The van der Waals surface area contributed by atoms with E-state index in [9.17, 15) is 27.6 Å². The Bertz CT molecular complexity index is 1780. The molecule has 3 fully saturated rings. The molecule has 3 N–H and O–H groups in total. The van der Waals surface area contributed by atoms with Crippen molar-refractivity contribution in [2.75, 3.05) is 13.2 Å². The molecular weight excluding hydrogens is 813 g/mol. The number of nitrogens with one attached hydrogen (secondary N) is 3. The van der Waals surface area contributed by atoms with Gasteiger partial charge in [0.2, 0.25) is 27.7 Å². The van der Waals surface area contributed by atoms with Gasteiger partial charge in [0.05, 0.1) is 22.3 Å². The SMILES string of the molecule is C=C[C@H](I)C(NC(=O)[C@@H]1C[C@@H]2CN1C(=O)[C@H](C1CCCCC1)NC(=O)OCCCCCCCc1ccc3ccnc(c3c1)O2)C(=O)NS(=O)(=O)C1CC1. The molecule has 2 aliphatic heterocycles. The summed E-state index contributed by atoms with van der Waals surface area (Å²) in [5, 5.41) is 6.76. The van der Waals surface area contributed by atoms with Gasteiger partial charge < -0.3 is 25.0 Å².